The molecule has 0 fully saturated rings. The number of carbonyl (C=O) groups is 1. The first-order valence-electron chi connectivity index (χ1n) is 4.65. The van der Waals surface area contributed by atoms with Crippen LogP contribution in [-0.2, 0) is 4.79 Å². The van der Waals surface area contributed by atoms with E-state index >= 15 is 0 Å². The van der Waals surface area contributed by atoms with E-state index < -0.39 is 0 Å². The van der Waals surface area contributed by atoms with Crippen LogP contribution in [0.1, 0.15) is 18.1 Å². The standard InChI is InChI=1S/C12H13FOS/c1-9-8-12(13)6-5-11(9)4-3-7-15-10(2)14/h3-6,8H,7H2,1-2H3. The summed E-state index contributed by atoms with van der Waals surface area (Å²) in [5.74, 6) is 0.439. The summed E-state index contributed by atoms with van der Waals surface area (Å²) in [4.78, 5) is 10.6. The first-order chi connectivity index (χ1) is 7.09. The molecule has 0 N–H and O–H groups in total. The monoisotopic (exact) mass is 224 g/mol. The van der Waals surface area contributed by atoms with Crippen molar-refractivity contribution in [2.24, 2.45) is 0 Å². The topological polar surface area (TPSA) is 17.1 Å². The summed E-state index contributed by atoms with van der Waals surface area (Å²) in [5, 5.41) is 0.107. The highest BCUT2D eigenvalue weighted by molar-refractivity contribution is 8.13. The Morgan fingerprint density at radius 1 is 1.53 bits per heavy atom. The summed E-state index contributed by atoms with van der Waals surface area (Å²) in [6.07, 6.45) is 3.82. The average Bonchev–Trinajstić information content (AvgIpc) is 2.14. The smallest absolute Gasteiger partial charge is 0.186 e. The van der Waals surface area contributed by atoms with E-state index in [-0.39, 0.29) is 10.9 Å². The Balaban J connectivity index is 2.60. The maximum Gasteiger partial charge on any atom is 0.186 e. The second-order valence-electron chi connectivity index (χ2n) is 3.21. The first-order valence-corrected chi connectivity index (χ1v) is 5.64. The third-order valence-corrected chi connectivity index (χ3v) is 2.68. The van der Waals surface area contributed by atoms with E-state index in [2.05, 4.69) is 0 Å². The van der Waals surface area contributed by atoms with Gasteiger partial charge in [-0.3, -0.25) is 4.79 Å². The van der Waals surface area contributed by atoms with Crippen molar-refractivity contribution in [3.8, 4) is 0 Å². The average molecular weight is 224 g/mol. The van der Waals surface area contributed by atoms with E-state index in [1.807, 2.05) is 19.1 Å². The van der Waals surface area contributed by atoms with Crippen LogP contribution in [0, 0.1) is 12.7 Å². The Hall–Kier alpha value is -1.09. The molecule has 1 aromatic rings. The molecule has 0 unspecified atom stereocenters. The van der Waals surface area contributed by atoms with E-state index in [0.29, 0.717) is 5.75 Å². The van der Waals surface area contributed by atoms with E-state index in [1.54, 1.807) is 13.0 Å². The minimum Gasteiger partial charge on any atom is -0.288 e. The molecule has 0 atom stereocenters. The molecule has 80 valence electrons. The highest BCUT2D eigenvalue weighted by atomic mass is 32.2. The molecule has 0 heterocycles. The fourth-order valence-electron chi connectivity index (χ4n) is 1.17. The van der Waals surface area contributed by atoms with Gasteiger partial charge in [0.15, 0.2) is 5.12 Å². The number of halogens is 1. The van der Waals surface area contributed by atoms with Gasteiger partial charge in [0, 0.05) is 12.7 Å². The maximum absolute atomic E-state index is 12.8. The minimum absolute atomic E-state index is 0.107. The fourth-order valence-corrected chi connectivity index (χ4v) is 1.59. The summed E-state index contributed by atoms with van der Waals surface area (Å²) >= 11 is 1.26. The molecule has 1 rings (SSSR count). The quantitative estimate of drug-likeness (QED) is 0.782. The van der Waals surface area contributed by atoms with Gasteiger partial charge in [0.2, 0.25) is 0 Å². The van der Waals surface area contributed by atoms with E-state index in [0.717, 1.165) is 11.1 Å². The number of benzene rings is 1. The molecule has 0 saturated heterocycles. The van der Waals surface area contributed by atoms with Gasteiger partial charge in [-0.1, -0.05) is 30.0 Å². The summed E-state index contributed by atoms with van der Waals surface area (Å²) in [5.41, 5.74) is 1.89. The fraction of sp³-hybridized carbons (Fsp3) is 0.250. The Morgan fingerprint density at radius 2 is 2.27 bits per heavy atom. The number of rotatable bonds is 3. The lowest BCUT2D eigenvalue weighted by atomic mass is 10.1. The van der Waals surface area contributed by atoms with E-state index in [4.69, 9.17) is 0 Å². The van der Waals surface area contributed by atoms with E-state index in [9.17, 15) is 9.18 Å². The molecule has 0 bridgehead atoms. The van der Waals surface area contributed by atoms with Crippen LogP contribution in [0.25, 0.3) is 6.08 Å². The van der Waals surface area contributed by atoms with Crippen LogP contribution >= 0.6 is 11.8 Å². The van der Waals surface area contributed by atoms with Gasteiger partial charge in [-0.25, -0.2) is 4.39 Å². The molecule has 3 heteroatoms. The van der Waals surface area contributed by atoms with Crippen molar-refractivity contribution in [2.45, 2.75) is 13.8 Å². The minimum atomic E-state index is -0.220. The zero-order chi connectivity index (χ0) is 11.3. The number of hydrogen-bond donors (Lipinski definition) is 0. The van der Waals surface area contributed by atoms with Crippen molar-refractivity contribution in [1.29, 1.82) is 0 Å². The van der Waals surface area contributed by atoms with Gasteiger partial charge in [0.25, 0.3) is 0 Å². The van der Waals surface area contributed by atoms with Crippen molar-refractivity contribution < 1.29 is 9.18 Å². The Kier molecular flexibility index (Phi) is 4.56. The van der Waals surface area contributed by atoms with Gasteiger partial charge in [0.1, 0.15) is 5.82 Å². The third-order valence-electron chi connectivity index (χ3n) is 1.91. The van der Waals surface area contributed by atoms with Crippen LogP contribution in [0.5, 0.6) is 0 Å². The largest absolute Gasteiger partial charge is 0.288 e. The zero-order valence-electron chi connectivity index (χ0n) is 8.79. The van der Waals surface area contributed by atoms with Gasteiger partial charge in [-0.05, 0) is 30.2 Å². The molecule has 0 aliphatic rings. The van der Waals surface area contributed by atoms with Gasteiger partial charge in [-0.2, -0.15) is 0 Å². The van der Waals surface area contributed by atoms with Crippen LogP contribution in [0.3, 0.4) is 0 Å². The summed E-state index contributed by atoms with van der Waals surface area (Å²) in [7, 11) is 0. The number of thioether (sulfide) groups is 1. The molecule has 0 spiro atoms. The van der Waals surface area contributed by atoms with Crippen molar-refractivity contribution in [1.82, 2.24) is 0 Å². The van der Waals surface area contributed by atoms with Crippen molar-refractivity contribution >= 4 is 23.0 Å². The van der Waals surface area contributed by atoms with Crippen LogP contribution in [0.15, 0.2) is 24.3 Å². The molecular formula is C12H13FOS. The second kappa shape index (κ2) is 5.71. The first kappa shape index (κ1) is 12.0. The lowest BCUT2D eigenvalue weighted by Gasteiger charge is -1.99. The number of aryl methyl sites for hydroxylation is 1. The van der Waals surface area contributed by atoms with Gasteiger partial charge < -0.3 is 0 Å². The normalized spacial score (nSPS) is 10.9. The van der Waals surface area contributed by atoms with Crippen LogP contribution < -0.4 is 0 Å². The molecular weight excluding hydrogens is 211 g/mol. The summed E-state index contributed by atoms with van der Waals surface area (Å²) < 4.78 is 12.8. The Morgan fingerprint density at radius 3 is 2.87 bits per heavy atom. The molecule has 0 amide bonds. The lowest BCUT2D eigenvalue weighted by Crippen LogP contribution is -1.84. The molecule has 1 aromatic carbocycles. The molecule has 0 aromatic heterocycles. The van der Waals surface area contributed by atoms with Crippen molar-refractivity contribution in [2.75, 3.05) is 5.75 Å². The molecule has 0 aliphatic carbocycles. The van der Waals surface area contributed by atoms with Crippen LogP contribution in [0.4, 0.5) is 4.39 Å². The van der Waals surface area contributed by atoms with Crippen molar-refractivity contribution in [3.63, 3.8) is 0 Å². The third kappa shape index (κ3) is 4.30. The van der Waals surface area contributed by atoms with Gasteiger partial charge in [0.05, 0.1) is 0 Å². The number of carbonyl (C=O) groups excluding carboxylic acids is 1. The molecule has 15 heavy (non-hydrogen) atoms. The second-order valence-corrected chi connectivity index (χ2v) is 4.40. The predicted molar refractivity (Wildman–Crippen MR) is 63.3 cm³/mol. The van der Waals surface area contributed by atoms with E-state index in [1.165, 1.54) is 23.9 Å². The van der Waals surface area contributed by atoms with Crippen molar-refractivity contribution in [3.05, 3.63) is 41.2 Å². The van der Waals surface area contributed by atoms with Gasteiger partial charge in [-0.15, -0.1) is 0 Å². The Bertz CT molecular complexity index is 385. The zero-order valence-corrected chi connectivity index (χ0v) is 9.60. The molecule has 0 radical (unpaired) electrons. The van der Waals surface area contributed by atoms with Crippen LogP contribution in [0.2, 0.25) is 0 Å². The molecule has 0 aliphatic heterocycles. The van der Waals surface area contributed by atoms with Gasteiger partial charge >= 0.3 is 0 Å². The highest BCUT2D eigenvalue weighted by Gasteiger charge is 1.96. The lowest BCUT2D eigenvalue weighted by molar-refractivity contribution is -0.109. The van der Waals surface area contributed by atoms with Crippen LogP contribution in [-0.4, -0.2) is 10.9 Å². The maximum atomic E-state index is 12.8. The highest BCUT2D eigenvalue weighted by Crippen LogP contribution is 2.12. The SMILES string of the molecule is CC(=O)SCC=Cc1ccc(F)cc1C. The summed E-state index contributed by atoms with van der Waals surface area (Å²) in [6, 6.07) is 4.67. The number of hydrogen-bond acceptors (Lipinski definition) is 2. The molecule has 0 saturated carbocycles. The summed E-state index contributed by atoms with van der Waals surface area (Å²) in [6.45, 7) is 3.41. The Labute approximate surface area is 93.4 Å². The molecule has 1 nitrogen and oxygen atoms in total. The predicted octanol–water partition coefficient (Wildman–Crippen LogP) is 3.43.